The first-order valence-corrected chi connectivity index (χ1v) is 11.6. The summed E-state index contributed by atoms with van der Waals surface area (Å²) in [6.07, 6.45) is 3.21. The number of carbonyl (C=O) groups excluding carboxylic acids is 1. The molecule has 0 spiro atoms. The second-order valence-corrected chi connectivity index (χ2v) is 9.04. The van der Waals surface area contributed by atoms with Gasteiger partial charge in [-0.05, 0) is 67.9 Å². The van der Waals surface area contributed by atoms with Gasteiger partial charge in [0.15, 0.2) is 0 Å². The van der Waals surface area contributed by atoms with Crippen molar-refractivity contribution in [3.63, 3.8) is 0 Å². The van der Waals surface area contributed by atoms with Crippen LogP contribution in [0.1, 0.15) is 16.8 Å². The van der Waals surface area contributed by atoms with Crippen molar-refractivity contribution in [2.24, 2.45) is 0 Å². The number of pyridine rings is 1. The van der Waals surface area contributed by atoms with E-state index < -0.39 is 0 Å². The Labute approximate surface area is 199 Å². The fourth-order valence-electron chi connectivity index (χ4n) is 3.68. The molecule has 3 heterocycles. The molecule has 0 radical (unpaired) electrons. The maximum absolute atomic E-state index is 12.6. The highest BCUT2D eigenvalue weighted by Gasteiger charge is 2.14. The third kappa shape index (κ3) is 4.49. The fourth-order valence-corrected chi connectivity index (χ4v) is 4.74. The number of hydrogen-bond acceptors (Lipinski definition) is 6. The molecule has 0 saturated heterocycles. The first-order chi connectivity index (χ1) is 16.5. The van der Waals surface area contributed by atoms with Crippen LogP contribution in [0, 0.1) is 13.8 Å². The van der Waals surface area contributed by atoms with Crippen molar-refractivity contribution in [3.05, 3.63) is 94.2 Å². The number of aryl methyl sites for hydroxylation is 2. The zero-order valence-corrected chi connectivity index (χ0v) is 19.4. The Hall–Kier alpha value is -4.17. The van der Waals surface area contributed by atoms with E-state index in [1.165, 1.54) is 5.56 Å². The van der Waals surface area contributed by atoms with Crippen LogP contribution in [0.15, 0.2) is 71.8 Å². The number of nitrogens with one attached hydrogen (secondary N) is 2. The predicted molar refractivity (Wildman–Crippen MR) is 135 cm³/mol. The van der Waals surface area contributed by atoms with Crippen LogP contribution in [-0.4, -0.2) is 25.8 Å². The minimum Gasteiger partial charge on any atom is -0.326 e. The monoisotopic (exact) mass is 467 g/mol. The molecule has 0 bridgehead atoms. The van der Waals surface area contributed by atoms with Gasteiger partial charge in [-0.25, -0.2) is 9.97 Å². The van der Waals surface area contributed by atoms with Crippen molar-refractivity contribution < 1.29 is 4.79 Å². The smallest absolute Gasteiger partial charge is 0.255 e. The third-order valence-corrected chi connectivity index (χ3v) is 6.52. The number of amides is 1. The standard InChI is InChI=1S/C26H21N5O2S/c1-15-5-10-21-22(12-15)34-26(30-21)17-6-8-19(9-7-17)29-23(32)13-20-16(2)28-24(31-25(20)33)18-4-3-11-27-14-18/h3-12,14H,13H2,1-2H3,(H,29,32)(H,28,31,33). The first-order valence-electron chi connectivity index (χ1n) is 10.7. The molecule has 0 aliphatic rings. The number of benzene rings is 2. The number of thiazole rings is 1. The number of fused-ring (bicyclic) bond motifs is 1. The van der Waals surface area contributed by atoms with Crippen molar-refractivity contribution >= 4 is 33.1 Å². The van der Waals surface area contributed by atoms with Crippen LogP contribution < -0.4 is 10.9 Å². The second kappa shape index (κ2) is 8.99. The van der Waals surface area contributed by atoms with Crippen molar-refractivity contribution in [1.82, 2.24) is 19.9 Å². The Morgan fingerprint density at radius 2 is 1.85 bits per heavy atom. The van der Waals surface area contributed by atoms with Gasteiger partial charge in [-0.1, -0.05) is 6.07 Å². The van der Waals surface area contributed by atoms with Gasteiger partial charge in [-0.2, -0.15) is 0 Å². The molecule has 0 atom stereocenters. The van der Waals surface area contributed by atoms with Crippen LogP contribution in [0.25, 0.3) is 32.2 Å². The lowest BCUT2D eigenvalue weighted by Crippen LogP contribution is -2.23. The summed E-state index contributed by atoms with van der Waals surface area (Å²) in [4.78, 5) is 41.2. The summed E-state index contributed by atoms with van der Waals surface area (Å²) < 4.78 is 1.15. The highest BCUT2D eigenvalue weighted by Crippen LogP contribution is 2.31. The lowest BCUT2D eigenvalue weighted by Gasteiger charge is -2.09. The highest BCUT2D eigenvalue weighted by atomic mass is 32.1. The van der Waals surface area contributed by atoms with Crippen LogP contribution in [0.3, 0.4) is 0 Å². The van der Waals surface area contributed by atoms with Crippen LogP contribution in [-0.2, 0) is 11.2 Å². The van der Waals surface area contributed by atoms with Gasteiger partial charge in [0, 0.05) is 40.5 Å². The third-order valence-electron chi connectivity index (χ3n) is 5.45. The van der Waals surface area contributed by atoms with Gasteiger partial charge in [0.1, 0.15) is 10.8 Å². The van der Waals surface area contributed by atoms with E-state index in [9.17, 15) is 9.59 Å². The Morgan fingerprint density at radius 3 is 2.59 bits per heavy atom. The summed E-state index contributed by atoms with van der Waals surface area (Å²) in [7, 11) is 0. The summed E-state index contributed by atoms with van der Waals surface area (Å²) in [5, 5.41) is 3.79. The number of rotatable bonds is 5. The van der Waals surface area contributed by atoms with Gasteiger partial charge in [0.2, 0.25) is 5.91 Å². The van der Waals surface area contributed by atoms with E-state index in [2.05, 4.69) is 39.3 Å². The molecule has 7 nitrogen and oxygen atoms in total. The minimum atomic E-state index is -0.331. The molecule has 0 aliphatic carbocycles. The molecule has 34 heavy (non-hydrogen) atoms. The van der Waals surface area contributed by atoms with Crippen molar-refractivity contribution in [2.45, 2.75) is 20.3 Å². The fraction of sp³-hybridized carbons (Fsp3) is 0.115. The molecule has 0 unspecified atom stereocenters. The topological polar surface area (TPSA) is 101 Å². The van der Waals surface area contributed by atoms with E-state index >= 15 is 0 Å². The Balaban J connectivity index is 1.29. The molecule has 2 aromatic carbocycles. The number of nitrogens with zero attached hydrogens (tertiary/aromatic N) is 3. The molecule has 5 aromatic rings. The largest absolute Gasteiger partial charge is 0.326 e. The molecule has 168 valence electrons. The molecular formula is C26H21N5O2S. The molecule has 8 heteroatoms. The van der Waals surface area contributed by atoms with E-state index in [0.717, 1.165) is 20.8 Å². The molecule has 1 amide bonds. The molecule has 5 rings (SSSR count). The van der Waals surface area contributed by atoms with Crippen LogP contribution in [0.5, 0.6) is 0 Å². The first kappa shape index (κ1) is 21.7. The number of aromatic nitrogens is 4. The minimum absolute atomic E-state index is 0.0690. The lowest BCUT2D eigenvalue weighted by atomic mass is 10.1. The zero-order valence-electron chi connectivity index (χ0n) is 18.6. The highest BCUT2D eigenvalue weighted by molar-refractivity contribution is 7.21. The van der Waals surface area contributed by atoms with E-state index in [1.807, 2.05) is 36.4 Å². The van der Waals surface area contributed by atoms with Crippen molar-refractivity contribution in [1.29, 1.82) is 0 Å². The molecule has 0 fully saturated rings. The predicted octanol–water partition coefficient (Wildman–Crippen LogP) is 4.91. The van der Waals surface area contributed by atoms with Gasteiger partial charge >= 0.3 is 0 Å². The van der Waals surface area contributed by atoms with E-state index in [1.54, 1.807) is 36.7 Å². The maximum Gasteiger partial charge on any atom is 0.255 e. The van der Waals surface area contributed by atoms with Gasteiger partial charge in [-0.3, -0.25) is 14.6 Å². The summed E-state index contributed by atoms with van der Waals surface area (Å²) in [5.74, 6) is 0.146. The Kier molecular flexibility index (Phi) is 5.73. The number of hydrogen-bond donors (Lipinski definition) is 2. The van der Waals surface area contributed by atoms with E-state index in [0.29, 0.717) is 28.3 Å². The van der Waals surface area contributed by atoms with Gasteiger partial charge < -0.3 is 10.3 Å². The summed E-state index contributed by atoms with van der Waals surface area (Å²) >= 11 is 1.64. The summed E-state index contributed by atoms with van der Waals surface area (Å²) in [5.41, 5.74) is 5.05. The van der Waals surface area contributed by atoms with Gasteiger partial charge in [-0.15, -0.1) is 11.3 Å². The number of aromatic amines is 1. The number of anilines is 1. The normalized spacial score (nSPS) is 11.0. The molecule has 3 aromatic heterocycles. The van der Waals surface area contributed by atoms with Crippen LogP contribution in [0.2, 0.25) is 0 Å². The van der Waals surface area contributed by atoms with Gasteiger partial charge in [0.25, 0.3) is 5.56 Å². The summed E-state index contributed by atoms with van der Waals surface area (Å²) in [6.45, 7) is 3.79. The molecule has 0 saturated carbocycles. The van der Waals surface area contributed by atoms with E-state index in [-0.39, 0.29) is 17.9 Å². The maximum atomic E-state index is 12.6. The van der Waals surface area contributed by atoms with Crippen LogP contribution >= 0.6 is 11.3 Å². The Morgan fingerprint density at radius 1 is 1.03 bits per heavy atom. The van der Waals surface area contributed by atoms with Crippen molar-refractivity contribution in [3.8, 4) is 22.0 Å². The SMILES string of the molecule is Cc1ccc2nc(-c3ccc(NC(=O)Cc4c(C)nc(-c5cccnc5)[nH]c4=O)cc3)sc2c1. The number of H-pyrrole nitrogens is 1. The zero-order chi connectivity index (χ0) is 23.7. The van der Waals surface area contributed by atoms with Gasteiger partial charge in [0.05, 0.1) is 16.6 Å². The Bertz CT molecular complexity index is 1560. The molecule has 0 aliphatic heterocycles. The average molecular weight is 468 g/mol. The molecule has 2 N–H and O–H groups in total. The average Bonchev–Trinajstić information content (AvgIpc) is 3.25. The summed E-state index contributed by atoms with van der Waals surface area (Å²) in [6, 6.07) is 17.3. The second-order valence-electron chi connectivity index (χ2n) is 8.01. The number of carbonyl (C=O) groups is 1. The van der Waals surface area contributed by atoms with Crippen molar-refractivity contribution in [2.75, 3.05) is 5.32 Å². The molecular weight excluding hydrogens is 446 g/mol. The van der Waals surface area contributed by atoms with Crippen LogP contribution in [0.4, 0.5) is 5.69 Å². The van der Waals surface area contributed by atoms with E-state index in [4.69, 9.17) is 4.98 Å². The lowest BCUT2D eigenvalue weighted by molar-refractivity contribution is -0.115. The quantitative estimate of drug-likeness (QED) is 0.383.